The maximum atomic E-state index is 5.30. The van der Waals surface area contributed by atoms with Gasteiger partial charge in [0.25, 0.3) is 0 Å². The molecule has 0 saturated heterocycles. The van der Waals surface area contributed by atoms with Crippen LogP contribution in [0.3, 0.4) is 0 Å². The molecule has 0 saturated carbocycles. The van der Waals surface area contributed by atoms with E-state index < -0.39 is 0 Å². The molecule has 2 rings (SSSR count). The highest BCUT2D eigenvalue weighted by Crippen LogP contribution is 2.21. The first-order valence-corrected chi connectivity index (χ1v) is 6.86. The summed E-state index contributed by atoms with van der Waals surface area (Å²) in [6.45, 7) is 3.95. The van der Waals surface area contributed by atoms with E-state index in [-0.39, 0.29) is 0 Å². The molecule has 0 radical (unpaired) electrons. The van der Waals surface area contributed by atoms with E-state index in [0.29, 0.717) is 11.0 Å². The van der Waals surface area contributed by atoms with Crippen LogP contribution < -0.4 is 0 Å². The number of aromatic nitrogens is 4. The zero-order chi connectivity index (χ0) is 13.7. The second-order valence-electron chi connectivity index (χ2n) is 4.11. The maximum absolute atomic E-state index is 5.30. The van der Waals surface area contributed by atoms with Gasteiger partial charge in [-0.2, -0.15) is 4.98 Å². The molecule has 100 valence electrons. The fourth-order valence-electron chi connectivity index (χ4n) is 1.57. The number of methoxy groups -OCH3 is 1. The van der Waals surface area contributed by atoms with Gasteiger partial charge in [0.1, 0.15) is 0 Å². The monoisotopic (exact) mass is 276 g/mol. The van der Waals surface area contributed by atoms with Crippen molar-refractivity contribution in [3.8, 4) is 0 Å². The highest BCUT2D eigenvalue weighted by molar-refractivity contribution is 7.98. The number of hydrogen-bond acceptors (Lipinski definition) is 5. The molecule has 0 spiro atoms. The van der Waals surface area contributed by atoms with Crippen LogP contribution in [-0.2, 0) is 10.5 Å². The molecular weight excluding hydrogens is 260 g/mol. The van der Waals surface area contributed by atoms with Crippen LogP contribution in [0.25, 0.3) is 5.76 Å². The van der Waals surface area contributed by atoms with Gasteiger partial charge in [-0.3, -0.25) is 10.1 Å². The number of aromatic amines is 1. The second-order valence-corrected chi connectivity index (χ2v) is 5.05. The molecule has 0 aromatic carbocycles. The Morgan fingerprint density at radius 3 is 2.84 bits per heavy atom. The minimum absolute atomic E-state index is 0.658. The molecule has 5 nitrogen and oxygen atoms in total. The van der Waals surface area contributed by atoms with Gasteiger partial charge in [0.2, 0.25) is 5.16 Å². The molecule has 1 N–H and O–H groups in total. The third kappa shape index (κ3) is 3.57. The predicted molar refractivity (Wildman–Crippen MR) is 75.5 cm³/mol. The fraction of sp³-hybridized carbons (Fsp3) is 0.308. The number of nitrogens with one attached hydrogen (secondary N) is 1. The normalized spacial score (nSPS) is 10.3. The van der Waals surface area contributed by atoms with Crippen molar-refractivity contribution in [2.75, 3.05) is 7.11 Å². The van der Waals surface area contributed by atoms with Crippen LogP contribution >= 0.6 is 11.8 Å². The van der Waals surface area contributed by atoms with Gasteiger partial charge < -0.3 is 4.74 Å². The van der Waals surface area contributed by atoms with Crippen molar-refractivity contribution < 1.29 is 4.74 Å². The molecule has 0 aliphatic carbocycles. The van der Waals surface area contributed by atoms with Gasteiger partial charge in [-0.15, -0.1) is 5.10 Å². The summed E-state index contributed by atoms with van der Waals surface area (Å²) in [5.74, 6) is 2.14. The van der Waals surface area contributed by atoms with Crippen molar-refractivity contribution in [2.45, 2.75) is 24.8 Å². The van der Waals surface area contributed by atoms with Gasteiger partial charge in [-0.1, -0.05) is 17.8 Å². The number of allylic oxidation sites excluding steroid dienone is 1. The highest BCUT2D eigenvalue weighted by atomic mass is 32.2. The van der Waals surface area contributed by atoms with E-state index >= 15 is 0 Å². The minimum atomic E-state index is 0.658. The van der Waals surface area contributed by atoms with Gasteiger partial charge in [-0.05, 0) is 31.6 Å². The summed E-state index contributed by atoms with van der Waals surface area (Å²) >= 11 is 1.54. The van der Waals surface area contributed by atoms with Gasteiger partial charge in [0.05, 0.1) is 12.8 Å². The third-order valence-corrected chi connectivity index (χ3v) is 3.29. The summed E-state index contributed by atoms with van der Waals surface area (Å²) < 4.78 is 5.30. The molecule has 6 heteroatoms. The third-order valence-electron chi connectivity index (χ3n) is 2.41. The minimum Gasteiger partial charge on any atom is -0.493 e. The molecular formula is C13H16N4OS. The van der Waals surface area contributed by atoms with E-state index in [0.717, 1.165) is 22.8 Å². The second kappa shape index (κ2) is 6.38. The fourth-order valence-corrected chi connectivity index (χ4v) is 2.29. The van der Waals surface area contributed by atoms with Crippen LogP contribution in [0.15, 0.2) is 35.1 Å². The molecule has 19 heavy (non-hydrogen) atoms. The first-order chi connectivity index (χ1) is 9.20. The summed E-state index contributed by atoms with van der Waals surface area (Å²) in [5, 5.41) is 7.75. The topological polar surface area (TPSA) is 63.7 Å². The van der Waals surface area contributed by atoms with Crippen molar-refractivity contribution in [1.29, 1.82) is 0 Å². The lowest BCUT2D eigenvalue weighted by molar-refractivity contribution is 0.363. The summed E-state index contributed by atoms with van der Waals surface area (Å²) in [7, 11) is 1.63. The highest BCUT2D eigenvalue weighted by Gasteiger charge is 2.10. The molecule has 0 aliphatic rings. The lowest BCUT2D eigenvalue weighted by atomic mass is 10.3. The number of ether oxygens (including phenoxy) is 1. The first kappa shape index (κ1) is 13.6. The Hall–Kier alpha value is -1.82. The number of H-pyrrole nitrogens is 1. The predicted octanol–water partition coefficient (Wildman–Crippen LogP) is 2.89. The average molecular weight is 276 g/mol. The lowest BCUT2D eigenvalue weighted by Crippen LogP contribution is -1.92. The van der Waals surface area contributed by atoms with Crippen molar-refractivity contribution in [3.05, 3.63) is 41.5 Å². The van der Waals surface area contributed by atoms with Crippen LogP contribution in [0.5, 0.6) is 0 Å². The number of hydrogen-bond donors (Lipinski definition) is 1. The summed E-state index contributed by atoms with van der Waals surface area (Å²) in [5.41, 5.74) is 2.06. The van der Waals surface area contributed by atoms with E-state index in [1.165, 1.54) is 11.8 Å². The zero-order valence-corrected chi connectivity index (χ0v) is 12.0. The van der Waals surface area contributed by atoms with Crippen molar-refractivity contribution in [2.24, 2.45) is 0 Å². The Balaban J connectivity index is 2.04. The molecule has 0 bridgehead atoms. The van der Waals surface area contributed by atoms with Gasteiger partial charge >= 0.3 is 0 Å². The Morgan fingerprint density at radius 1 is 1.37 bits per heavy atom. The Morgan fingerprint density at radius 2 is 2.21 bits per heavy atom. The van der Waals surface area contributed by atoms with E-state index in [2.05, 4.69) is 20.2 Å². The van der Waals surface area contributed by atoms with Gasteiger partial charge in [-0.25, -0.2) is 0 Å². The van der Waals surface area contributed by atoms with Crippen molar-refractivity contribution in [3.63, 3.8) is 0 Å². The maximum Gasteiger partial charge on any atom is 0.209 e. The van der Waals surface area contributed by atoms with Crippen LogP contribution in [0.1, 0.15) is 25.4 Å². The van der Waals surface area contributed by atoms with E-state index in [1.54, 1.807) is 13.3 Å². The largest absolute Gasteiger partial charge is 0.493 e. The molecule has 2 heterocycles. The van der Waals surface area contributed by atoms with Crippen LogP contribution in [0.2, 0.25) is 0 Å². The van der Waals surface area contributed by atoms with Crippen molar-refractivity contribution in [1.82, 2.24) is 20.2 Å². The molecule has 0 aliphatic heterocycles. The quantitative estimate of drug-likeness (QED) is 0.672. The molecule has 0 atom stereocenters. The number of thioether (sulfide) groups is 1. The lowest BCUT2D eigenvalue weighted by Gasteiger charge is -2.03. The van der Waals surface area contributed by atoms with E-state index in [1.807, 2.05) is 32.0 Å². The van der Waals surface area contributed by atoms with E-state index in [4.69, 9.17) is 4.74 Å². The first-order valence-electron chi connectivity index (χ1n) is 5.87. The Kier molecular flexibility index (Phi) is 4.57. The molecule has 0 unspecified atom stereocenters. The van der Waals surface area contributed by atoms with E-state index in [9.17, 15) is 0 Å². The number of nitrogens with zero attached hydrogens (tertiary/aromatic N) is 3. The smallest absolute Gasteiger partial charge is 0.209 e. The zero-order valence-electron chi connectivity index (χ0n) is 11.2. The molecule has 0 amide bonds. The summed E-state index contributed by atoms with van der Waals surface area (Å²) in [4.78, 5) is 8.66. The van der Waals surface area contributed by atoms with Crippen molar-refractivity contribution >= 4 is 17.5 Å². The van der Waals surface area contributed by atoms with Crippen LogP contribution in [0.4, 0.5) is 0 Å². The molecule has 2 aromatic heterocycles. The summed E-state index contributed by atoms with van der Waals surface area (Å²) in [6, 6.07) is 5.86. The standard InChI is InChI=1S/C13H16N4OS/c1-9(2)11(18-3)12-15-13(17-16-12)19-8-10-6-4-5-7-14-10/h4-7H,8H2,1-3H3,(H,15,16,17). The molecule has 2 aromatic rings. The Labute approximate surface area is 116 Å². The van der Waals surface area contributed by atoms with Gasteiger partial charge in [0, 0.05) is 11.9 Å². The van der Waals surface area contributed by atoms with Gasteiger partial charge in [0.15, 0.2) is 11.6 Å². The SMILES string of the molecule is COC(=C(C)C)c1nc(SCc2ccccn2)n[nH]1. The van der Waals surface area contributed by atoms with Crippen LogP contribution in [-0.4, -0.2) is 27.3 Å². The number of rotatable bonds is 5. The molecule has 0 fully saturated rings. The van der Waals surface area contributed by atoms with Crippen LogP contribution in [0, 0.1) is 0 Å². The number of pyridine rings is 1. The summed E-state index contributed by atoms with van der Waals surface area (Å²) in [6.07, 6.45) is 1.78. The Bertz CT molecular complexity index is 561. The average Bonchev–Trinajstić information content (AvgIpc) is 2.87.